The number of nitrogens with zero attached hydrogens (tertiary/aromatic N) is 1. The van der Waals surface area contributed by atoms with Gasteiger partial charge in [-0.15, -0.1) is 0 Å². The summed E-state index contributed by atoms with van der Waals surface area (Å²) >= 11 is 11.1. The number of hydrogen-bond acceptors (Lipinski definition) is 4. The maximum atomic E-state index is 12.9. The first-order chi connectivity index (χ1) is 12.8. The summed E-state index contributed by atoms with van der Waals surface area (Å²) in [7, 11) is 0. The maximum Gasteiger partial charge on any atom is 0.269 e. The van der Waals surface area contributed by atoms with Crippen LogP contribution in [0.25, 0.3) is 0 Å². The number of carbonyl (C=O) groups excluding carboxylic acids is 1. The van der Waals surface area contributed by atoms with E-state index < -0.39 is 11.0 Å². The molecule has 3 N–H and O–H groups in total. The Kier molecular flexibility index (Phi) is 5.38. The molecule has 0 spiro atoms. The fourth-order valence-corrected chi connectivity index (χ4v) is 3.19. The van der Waals surface area contributed by atoms with E-state index in [4.69, 9.17) is 23.8 Å². The monoisotopic (exact) mass is 402 g/mol. The molecule has 0 radical (unpaired) electrons. The molecule has 0 fully saturated rings. The summed E-state index contributed by atoms with van der Waals surface area (Å²) < 4.78 is 0. The zero-order chi connectivity index (χ0) is 19.6. The molecule has 9 heteroatoms. The summed E-state index contributed by atoms with van der Waals surface area (Å²) in [6.45, 7) is 1.73. The molecular weight excluding hydrogens is 388 g/mol. The first-order valence-electron chi connectivity index (χ1n) is 7.94. The fourth-order valence-electron chi connectivity index (χ4n) is 2.79. The van der Waals surface area contributed by atoms with Gasteiger partial charge in [0.1, 0.15) is 0 Å². The highest BCUT2D eigenvalue weighted by molar-refractivity contribution is 7.80. The molecule has 1 aliphatic heterocycles. The Hall–Kier alpha value is -2.97. The highest BCUT2D eigenvalue weighted by Crippen LogP contribution is 2.30. The lowest BCUT2D eigenvalue weighted by Crippen LogP contribution is -2.45. The highest BCUT2D eigenvalue weighted by atomic mass is 35.5. The van der Waals surface area contributed by atoms with Gasteiger partial charge in [-0.05, 0) is 49.0 Å². The molecule has 3 rings (SSSR count). The van der Waals surface area contributed by atoms with Crippen LogP contribution in [0.2, 0.25) is 5.02 Å². The van der Waals surface area contributed by atoms with Gasteiger partial charge in [-0.25, -0.2) is 0 Å². The SMILES string of the molecule is CC1=C(C(=O)Nc2ccc(Cl)cc2)[C@@H](c2cccc([N+](=O)[O-])c2)NC(=S)N1. The lowest BCUT2D eigenvalue weighted by Gasteiger charge is -2.30. The van der Waals surface area contributed by atoms with Crippen LogP contribution < -0.4 is 16.0 Å². The van der Waals surface area contributed by atoms with E-state index in [-0.39, 0.29) is 11.6 Å². The number of nitro benzene ring substituents is 1. The summed E-state index contributed by atoms with van der Waals surface area (Å²) in [5.41, 5.74) is 2.04. The van der Waals surface area contributed by atoms with E-state index in [9.17, 15) is 14.9 Å². The number of amides is 1. The minimum Gasteiger partial charge on any atom is -0.351 e. The van der Waals surface area contributed by atoms with Crippen LogP contribution in [0.3, 0.4) is 0 Å². The Bertz CT molecular complexity index is 959. The van der Waals surface area contributed by atoms with E-state index in [0.29, 0.717) is 32.7 Å². The molecule has 0 aromatic heterocycles. The van der Waals surface area contributed by atoms with Gasteiger partial charge in [0.15, 0.2) is 5.11 Å². The van der Waals surface area contributed by atoms with Gasteiger partial charge in [-0.1, -0.05) is 23.7 Å². The predicted molar refractivity (Wildman–Crippen MR) is 107 cm³/mol. The van der Waals surface area contributed by atoms with Crippen LogP contribution in [0.15, 0.2) is 59.8 Å². The third-order valence-corrected chi connectivity index (χ3v) is 4.50. The van der Waals surface area contributed by atoms with Crippen LogP contribution in [-0.4, -0.2) is 15.9 Å². The second-order valence-electron chi connectivity index (χ2n) is 5.88. The number of carbonyl (C=O) groups is 1. The van der Waals surface area contributed by atoms with Crippen molar-refractivity contribution < 1.29 is 9.72 Å². The molecule has 2 aromatic carbocycles. The molecule has 0 aliphatic carbocycles. The van der Waals surface area contributed by atoms with Crippen LogP contribution in [0.5, 0.6) is 0 Å². The van der Waals surface area contributed by atoms with Crippen LogP contribution in [0, 0.1) is 10.1 Å². The number of rotatable bonds is 4. The molecule has 7 nitrogen and oxygen atoms in total. The largest absolute Gasteiger partial charge is 0.351 e. The molecule has 0 saturated carbocycles. The highest BCUT2D eigenvalue weighted by Gasteiger charge is 2.30. The molecular formula is C18H15ClN4O3S. The van der Waals surface area contributed by atoms with Gasteiger partial charge >= 0.3 is 0 Å². The van der Waals surface area contributed by atoms with Crippen molar-refractivity contribution in [2.45, 2.75) is 13.0 Å². The second-order valence-corrected chi connectivity index (χ2v) is 6.73. The Morgan fingerprint density at radius 1 is 1.26 bits per heavy atom. The summed E-state index contributed by atoms with van der Waals surface area (Å²) in [4.78, 5) is 23.5. The lowest BCUT2D eigenvalue weighted by atomic mass is 9.94. The topological polar surface area (TPSA) is 96.3 Å². The second kappa shape index (κ2) is 7.73. The van der Waals surface area contributed by atoms with E-state index in [2.05, 4.69) is 16.0 Å². The third-order valence-electron chi connectivity index (χ3n) is 4.03. The smallest absolute Gasteiger partial charge is 0.269 e. The quantitative estimate of drug-likeness (QED) is 0.410. The van der Waals surface area contributed by atoms with Crippen molar-refractivity contribution in [3.8, 4) is 0 Å². The molecule has 138 valence electrons. The zero-order valence-electron chi connectivity index (χ0n) is 14.2. The Morgan fingerprint density at radius 3 is 2.63 bits per heavy atom. The van der Waals surface area contributed by atoms with Crippen LogP contribution in [-0.2, 0) is 4.79 Å². The van der Waals surface area contributed by atoms with Crippen molar-refractivity contribution in [1.82, 2.24) is 10.6 Å². The third kappa shape index (κ3) is 4.24. The summed E-state index contributed by atoms with van der Waals surface area (Å²) in [6.07, 6.45) is 0. The first-order valence-corrected chi connectivity index (χ1v) is 8.73. The lowest BCUT2D eigenvalue weighted by molar-refractivity contribution is -0.384. The number of hydrogen-bond donors (Lipinski definition) is 3. The van der Waals surface area contributed by atoms with Crippen LogP contribution in [0.4, 0.5) is 11.4 Å². The maximum absolute atomic E-state index is 12.9. The number of halogens is 1. The zero-order valence-corrected chi connectivity index (χ0v) is 15.7. The summed E-state index contributed by atoms with van der Waals surface area (Å²) in [5.74, 6) is -0.353. The molecule has 1 aliphatic rings. The Labute approximate surface area is 165 Å². The predicted octanol–water partition coefficient (Wildman–Crippen LogP) is 3.68. The van der Waals surface area contributed by atoms with Crippen LogP contribution in [0.1, 0.15) is 18.5 Å². The van der Waals surface area contributed by atoms with Gasteiger partial charge in [-0.2, -0.15) is 0 Å². The van der Waals surface area contributed by atoms with Gasteiger partial charge in [0, 0.05) is 28.5 Å². The molecule has 1 heterocycles. The fraction of sp³-hybridized carbons (Fsp3) is 0.111. The first kappa shape index (κ1) is 18.8. The van der Waals surface area contributed by atoms with Crippen LogP contribution >= 0.6 is 23.8 Å². The number of nitrogens with one attached hydrogen (secondary N) is 3. The van der Waals surface area contributed by atoms with E-state index >= 15 is 0 Å². The molecule has 1 atom stereocenters. The average Bonchev–Trinajstić information content (AvgIpc) is 2.63. The average molecular weight is 403 g/mol. The van der Waals surface area contributed by atoms with Crippen molar-refractivity contribution in [3.05, 3.63) is 80.5 Å². The number of benzene rings is 2. The van der Waals surface area contributed by atoms with E-state index in [1.54, 1.807) is 43.3 Å². The number of non-ortho nitro benzene ring substituents is 1. The number of thiocarbonyl (C=S) groups is 1. The Morgan fingerprint density at radius 2 is 1.96 bits per heavy atom. The summed E-state index contributed by atoms with van der Waals surface area (Å²) in [6, 6.07) is 12.2. The van der Waals surface area contributed by atoms with E-state index in [1.165, 1.54) is 12.1 Å². The minimum atomic E-state index is -0.619. The van der Waals surface area contributed by atoms with Crippen molar-refractivity contribution in [2.24, 2.45) is 0 Å². The van der Waals surface area contributed by atoms with Crippen molar-refractivity contribution in [3.63, 3.8) is 0 Å². The molecule has 0 unspecified atom stereocenters. The van der Waals surface area contributed by atoms with E-state index in [1.807, 2.05) is 0 Å². The Balaban J connectivity index is 1.96. The standard InChI is InChI=1S/C18H15ClN4O3S/c1-10-15(17(24)21-13-7-5-12(19)6-8-13)16(22-18(27)20-10)11-3-2-4-14(9-11)23(25)26/h2-9,16H,1H3,(H,21,24)(H2,20,22,27)/t16-/m1/s1. The van der Waals surface area contributed by atoms with E-state index in [0.717, 1.165) is 0 Å². The number of allylic oxidation sites excluding steroid dienone is 1. The van der Waals surface area contributed by atoms with Gasteiger partial charge in [0.2, 0.25) is 0 Å². The van der Waals surface area contributed by atoms with Gasteiger partial charge in [-0.3, -0.25) is 14.9 Å². The van der Waals surface area contributed by atoms with Gasteiger partial charge < -0.3 is 16.0 Å². The molecule has 0 bridgehead atoms. The summed E-state index contributed by atoms with van der Waals surface area (Å²) in [5, 5.41) is 20.7. The molecule has 0 saturated heterocycles. The van der Waals surface area contributed by atoms with Gasteiger partial charge in [0.25, 0.3) is 11.6 Å². The number of anilines is 1. The minimum absolute atomic E-state index is 0.0612. The van der Waals surface area contributed by atoms with Crippen molar-refractivity contribution >= 4 is 46.2 Å². The van der Waals surface area contributed by atoms with Crippen molar-refractivity contribution in [1.29, 1.82) is 0 Å². The molecule has 27 heavy (non-hydrogen) atoms. The van der Waals surface area contributed by atoms with Crippen molar-refractivity contribution in [2.75, 3.05) is 5.32 Å². The number of nitro groups is 1. The molecule has 1 amide bonds. The normalized spacial score (nSPS) is 16.4. The molecule has 2 aromatic rings. The van der Waals surface area contributed by atoms with Gasteiger partial charge in [0.05, 0.1) is 16.5 Å².